The molecule has 0 saturated heterocycles. The molecule has 1 heterocycles. The Balaban J connectivity index is 2.30. The van der Waals surface area contributed by atoms with Crippen LogP contribution in [0.3, 0.4) is 0 Å². The average molecular weight is 257 g/mol. The van der Waals surface area contributed by atoms with Crippen molar-refractivity contribution >= 4 is 21.8 Å². The van der Waals surface area contributed by atoms with Gasteiger partial charge in [0.05, 0.1) is 10.6 Å². The number of carbonyl (C=O) groups excluding carboxylic acids is 1. The molecule has 74 valence electrons. The Morgan fingerprint density at radius 2 is 2.36 bits per heavy atom. The molecular formula is C9H9BrN2O2. The second-order valence-electron chi connectivity index (χ2n) is 3.15. The van der Waals surface area contributed by atoms with Gasteiger partial charge in [-0.2, -0.15) is 0 Å². The van der Waals surface area contributed by atoms with Gasteiger partial charge in [0.2, 0.25) is 0 Å². The molecule has 0 spiro atoms. The quantitative estimate of drug-likeness (QED) is 0.891. The number of aromatic nitrogens is 1. The maximum Gasteiger partial charge on any atom is 0.268 e. The van der Waals surface area contributed by atoms with Gasteiger partial charge in [-0.1, -0.05) is 0 Å². The molecule has 1 aliphatic rings. The van der Waals surface area contributed by atoms with Gasteiger partial charge < -0.3 is 10.5 Å². The van der Waals surface area contributed by atoms with Gasteiger partial charge in [0, 0.05) is 6.20 Å². The van der Waals surface area contributed by atoms with Crippen LogP contribution in [0.15, 0.2) is 16.7 Å². The summed E-state index contributed by atoms with van der Waals surface area (Å²) < 4.78 is 6.09. The van der Waals surface area contributed by atoms with E-state index in [1.807, 2.05) is 0 Å². The lowest BCUT2D eigenvalue weighted by atomic mass is 10.3. The van der Waals surface area contributed by atoms with E-state index in [0.717, 1.165) is 12.8 Å². The average Bonchev–Trinajstić information content (AvgIpc) is 2.92. The monoisotopic (exact) mass is 256 g/mol. The Bertz CT molecular complexity index is 377. The Hall–Kier alpha value is -1.10. The minimum atomic E-state index is -0.557. The second-order valence-corrected chi connectivity index (χ2v) is 3.95. The van der Waals surface area contributed by atoms with Crippen molar-refractivity contribution in [2.75, 3.05) is 0 Å². The van der Waals surface area contributed by atoms with E-state index in [4.69, 9.17) is 10.5 Å². The van der Waals surface area contributed by atoms with Crippen molar-refractivity contribution in [3.63, 3.8) is 0 Å². The Morgan fingerprint density at radius 1 is 1.64 bits per heavy atom. The summed E-state index contributed by atoms with van der Waals surface area (Å²) >= 11 is 3.25. The predicted molar refractivity (Wildman–Crippen MR) is 54.1 cm³/mol. The van der Waals surface area contributed by atoms with Crippen molar-refractivity contribution in [2.24, 2.45) is 5.73 Å². The van der Waals surface area contributed by atoms with E-state index in [0.29, 0.717) is 10.2 Å². The normalized spacial score (nSPS) is 15.2. The molecule has 2 rings (SSSR count). The number of primary amides is 1. The van der Waals surface area contributed by atoms with Gasteiger partial charge in [0.1, 0.15) is 11.4 Å². The lowest BCUT2D eigenvalue weighted by Gasteiger charge is -2.07. The first-order valence-corrected chi connectivity index (χ1v) is 5.08. The summed E-state index contributed by atoms with van der Waals surface area (Å²) in [4.78, 5) is 14.8. The van der Waals surface area contributed by atoms with Crippen LogP contribution in [0.25, 0.3) is 0 Å². The number of nitrogens with two attached hydrogens (primary N) is 1. The van der Waals surface area contributed by atoms with Gasteiger partial charge in [0.25, 0.3) is 5.91 Å². The van der Waals surface area contributed by atoms with Gasteiger partial charge in [0.15, 0.2) is 0 Å². The van der Waals surface area contributed by atoms with Gasteiger partial charge in [-0.15, -0.1) is 0 Å². The molecule has 0 aliphatic heterocycles. The van der Waals surface area contributed by atoms with Crippen molar-refractivity contribution < 1.29 is 9.53 Å². The van der Waals surface area contributed by atoms with Crippen LogP contribution >= 0.6 is 15.9 Å². The maximum absolute atomic E-state index is 10.9. The fourth-order valence-corrected chi connectivity index (χ4v) is 1.58. The van der Waals surface area contributed by atoms with Crippen LogP contribution in [0.2, 0.25) is 0 Å². The minimum Gasteiger partial charge on any atom is -0.489 e. The molecule has 0 unspecified atom stereocenters. The molecule has 14 heavy (non-hydrogen) atoms. The molecular weight excluding hydrogens is 248 g/mol. The summed E-state index contributed by atoms with van der Waals surface area (Å²) in [6.07, 6.45) is 3.94. The highest BCUT2D eigenvalue weighted by Crippen LogP contribution is 2.32. The third-order valence-corrected chi connectivity index (χ3v) is 2.67. The Kier molecular flexibility index (Phi) is 2.41. The molecule has 1 aliphatic carbocycles. The van der Waals surface area contributed by atoms with Gasteiger partial charge in [-0.25, -0.2) is 4.98 Å². The molecule has 2 N–H and O–H groups in total. The van der Waals surface area contributed by atoms with Crippen molar-refractivity contribution in [3.8, 4) is 5.75 Å². The van der Waals surface area contributed by atoms with E-state index < -0.39 is 5.91 Å². The summed E-state index contributed by atoms with van der Waals surface area (Å²) in [7, 11) is 0. The molecule has 0 atom stereocenters. The zero-order valence-corrected chi connectivity index (χ0v) is 8.95. The first-order valence-electron chi connectivity index (χ1n) is 4.29. The zero-order chi connectivity index (χ0) is 10.1. The molecule has 0 bridgehead atoms. The number of ether oxygens (including phenoxy) is 1. The summed E-state index contributed by atoms with van der Waals surface area (Å²) in [5.41, 5.74) is 5.35. The molecule has 1 saturated carbocycles. The first-order chi connectivity index (χ1) is 6.68. The molecule has 0 radical (unpaired) electrons. The zero-order valence-electron chi connectivity index (χ0n) is 7.37. The number of carbonyl (C=O) groups is 1. The van der Waals surface area contributed by atoms with Crippen LogP contribution < -0.4 is 10.5 Å². The molecule has 4 nitrogen and oxygen atoms in total. The van der Waals surface area contributed by atoms with Crippen LogP contribution in [-0.4, -0.2) is 17.0 Å². The summed E-state index contributed by atoms with van der Waals surface area (Å²) in [6, 6.07) is 1.72. The smallest absolute Gasteiger partial charge is 0.268 e. The molecule has 1 aromatic rings. The molecule has 1 aromatic heterocycles. The lowest BCUT2D eigenvalue weighted by molar-refractivity contribution is 0.0994. The van der Waals surface area contributed by atoms with Crippen molar-refractivity contribution in [3.05, 3.63) is 22.4 Å². The third kappa shape index (κ3) is 1.87. The van der Waals surface area contributed by atoms with Crippen LogP contribution in [0.4, 0.5) is 0 Å². The van der Waals surface area contributed by atoms with E-state index in [9.17, 15) is 4.79 Å². The van der Waals surface area contributed by atoms with E-state index in [1.165, 1.54) is 6.20 Å². The number of hydrogen-bond acceptors (Lipinski definition) is 3. The molecule has 0 aromatic carbocycles. The van der Waals surface area contributed by atoms with Crippen molar-refractivity contribution in [1.29, 1.82) is 0 Å². The highest BCUT2D eigenvalue weighted by atomic mass is 79.9. The SMILES string of the molecule is NC(=O)c1nccc(OC2CC2)c1Br. The summed E-state index contributed by atoms with van der Waals surface area (Å²) in [6.45, 7) is 0. The Morgan fingerprint density at radius 3 is 2.93 bits per heavy atom. The van der Waals surface area contributed by atoms with Gasteiger partial charge >= 0.3 is 0 Å². The third-order valence-electron chi connectivity index (χ3n) is 1.91. The van der Waals surface area contributed by atoms with Gasteiger partial charge in [-0.05, 0) is 34.8 Å². The van der Waals surface area contributed by atoms with E-state index in [-0.39, 0.29) is 11.8 Å². The van der Waals surface area contributed by atoms with Crippen molar-refractivity contribution in [2.45, 2.75) is 18.9 Å². The summed E-state index contributed by atoms with van der Waals surface area (Å²) in [5.74, 6) is 0.0782. The highest BCUT2D eigenvalue weighted by Gasteiger charge is 2.25. The first kappa shape index (κ1) is 9.45. The summed E-state index contributed by atoms with van der Waals surface area (Å²) in [5, 5.41) is 0. The van der Waals surface area contributed by atoms with E-state index in [2.05, 4.69) is 20.9 Å². The van der Waals surface area contributed by atoms with Crippen molar-refractivity contribution in [1.82, 2.24) is 4.98 Å². The number of halogens is 1. The number of pyridine rings is 1. The van der Waals surface area contributed by atoms with Crippen LogP contribution in [0, 0.1) is 0 Å². The highest BCUT2D eigenvalue weighted by molar-refractivity contribution is 9.10. The number of hydrogen-bond donors (Lipinski definition) is 1. The van der Waals surface area contributed by atoms with Crippen LogP contribution in [0.1, 0.15) is 23.3 Å². The van der Waals surface area contributed by atoms with Gasteiger partial charge in [-0.3, -0.25) is 4.79 Å². The molecule has 1 amide bonds. The topological polar surface area (TPSA) is 65.2 Å². The number of nitrogens with zero attached hydrogens (tertiary/aromatic N) is 1. The number of rotatable bonds is 3. The fourth-order valence-electron chi connectivity index (χ4n) is 1.05. The number of amides is 1. The standard InChI is InChI=1S/C9H9BrN2O2/c10-7-6(14-5-1-2-5)3-4-12-8(7)9(11)13/h3-5H,1-2H2,(H2,11,13). The van der Waals surface area contributed by atoms with Crippen LogP contribution in [-0.2, 0) is 0 Å². The predicted octanol–water partition coefficient (Wildman–Crippen LogP) is 1.48. The fraction of sp³-hybridized carbons (Fsp3) is 0.333. The largest absolute Gasteiger partial charge is 0.489 e. The second kappa shape index (κ2) is 3.57. The van der Waals surface area contributed by atoms with E-state index >= 15 is 0 Å². The molecule has 5 heteroatoms. The lowest BCUT2D eigenvalue weighted by Crippen LogP contribution is -2.14. The van der Waals surface area contributed by atoms with E-state index in [1.54, 1.807) is 6.07 Å². The minimum absolute atomic E-state index is 0.211. The molecule has 1 fully saturated rings. The maximum atomic E-state index is 10.9. The van der Waals surface area contributed by atoms with Crippen LogP contribution in [0.5, 0.6) is 5.75 Å². The Labute approximate surface area is 89.6 Å².